The van der Waals surface area contributed by atoms with Gasteiger partial charge in [-0.2, -0.15) is 4.98 Å². The van der Waals surface area contributed by atoms with Gasteiger partial charge in [0.25, 0.3) is 0 Å². The molecule has 0 aliphatic carbocycles. The van der Waals surface area contributed by atoms with Crippen LogP contribution in [0.4, 0.5) is 5.95 Å². The van der Waals surface area contributed by atoms with Crippen LogP contribution in [0.3, 0.4) is 0 Å². The maximum absolute atomic E-state index is 5.31. The summed E-state index contributed by atoms with van der Waals surface area (Å²) in [6.07, 6.45) is 3.16. The Morgan fingerprint density at radius 1 is 1.36 bits per heavy atom. The van der Waals surface area contributed by atoms with Crippen LogP contribution >= 0.6 is 0 Å². The lowest BCUT2D eigenvalue weighted by molar-refractivity contribution is 1.22. The number of hydrogen-bond donors (Lipinski definition) is 3. The van der Waals surface area contributed by atoms with Gasteiger partial charge in [0.1, 0.15) is 5.52 Å². The molecule has 0 aliphatic heterocycles. The normalized spacial score (nSPS) is 9.45. The van der Waals surface area contributed by atoms with Crippen LogP contribution in [0.25, 0.3) is 11.2 Å². The van der Waals surface area contributed by atoms with Gasteiger partial charge < -0.3 is 16.9 Å². The van der Waals surface area contributed by atoms with Gasteiger partial charge in [0.2, 0.25) is 5.95 Å². The standard InChI is InChI=1S/C5H5N5.H3N/c6-5-7-1-3-4(10-5)9-2-8-3;/h1-2H,(H3,6,7,8,9,10);1H3. The van der Waals surface area contributed by atoms with E-state index in [2.05, 4.69) is 19.9 Å². The summed E-state index contributed by atoms with van der Waals surface area (Å²) in [5.41, 5.74) is 6.71. The molecule has 0 amide bonds. The fourth-order valence-corrected chi connectivity index (χ4v) is 0.749. The number of fused-ring (bicyclic) bond motifs is 1. The number of nitrogen functional groups attached to an aromatic ring is 1. The Labute approximate surface area is 62.5 Å². The first-order valence-electron chi connectivity index (χ1n) is 2.78. The van der Waals surface area contributed by atoms with Gasteiger partial charge in [-0.25, -0.2) is 9.97 Å². The minimum Gasteiger partial charge on any atom is -0.368 e. The number of imidazole rings is 1. The molecule has 6 nitrogen and oxygen atoms in total. The van der Waals surface area contributed by atoms with Crippen LogP contribution in [0.1, 0.15) is 0 Å². The Hall–Kier alpha value is -1.69. The predicted octanol–water partition coefficient (Wildman–Crippen LogP) is 0.0971. The van der Waals surface area contributed by atoms with E-state index in [0.29, 0.717) is 5.65 Å². The Morgan fingerprint density at radius 3 is 3.00 bits per heavy atom. The van der Waals surface area contributed by atoms with E-state index >= 15 is 0 Å². The van der Waals surface area contributed by atoms with Crippen LogP contribution in [-0.4, -0.2) is 19.9 Å². The van der Waals surface area contributed by atoms with E-state index in [1.807, 2.05) is 0 Å². The summed E-state index contributed by atoms with van der Waals surface area (Å²) < 4.78 is 0. The topological polar surface area (TPSA) is 115 Å². The fraction of sp³-hybridized carbons (Fsp3) is 0. The molecule has 58 valence electrons. The molecule has 2 aromatic rings. The van der Waals surface area contributed by atoms with Gasteiger partial charge in [0.05, 0.1) is 12.5 Å². The van der Waals surface area contributed by atoms with E-state index in [4.69, 9.17) is 5.73 Å². The number of H-pyrrole nitrogens is 1. The highest BCUT2D eigenvalue weighted by Gasteiger charge is 1.95. The van der Waals surface area contributed by atoms with Gasteiger partial charge >= 0.3 is 0 Å². The van der Waals surface area contributed by atoms with E-state index in [0.717, 1.165) is 5.52 Å². The van der Waals surface area contributed by atoms with Crippen molar-refractivity contribution in [2.45, 2.75) is 0 Å². The minimum absolute atomic E-state index is 0. The second-order valence-corrected chi connectivity index (χ2v) is 1.87. The quantitative estimate of drug-likeness (QED) is 0.495. The zero-order valence-electron chi connectivity index (χ0n) is 5.78. The van der Waals surface area contributed by atoms with Crippen LogP contribution in [0.15, 0.2) is 12.5 Å². The van der Waals surface area contributed by atoms with Crippen LogP contribution in [0.5, 0.6) is 0 Å². The molecule has 2 rings (SSSR count). The third-order valence-electron chi connectivity index (χ3n) is 1.19. The van der Waals surface area contributed by atoms with Crippen molar-refractivity contribution in [3.05, 3.63) is 12.5 Å². The van der Waals surface area contributed by atoms with Crippen molar-refractivity contribution >= 4 is 17.1 Å². The molecule has 0 radical (unpaired) electrons. The second kappa shape index (κ2) is 2.51. The Balaban J connectivity index is 0.000000605. The first kappa shape index (κ1) is 7.42. The average molecular weight is 152 g/mol. The highest BCUT2D eigenvalue weighted by Crippen LogP contribution is 2.03. The van der Waals surface area contributed by atoms with Gasteiger partial charge in [-0.3, -0.25) is 0 Å². The third-order valence-corrected chi connectivity index (χ3v) is 1.19. The number of aromatic amines is 1. The molecule has 0 unspecified atom stereocenters. The maximum atomic E-state index is 5.31. The van der Waals surface area contributed by atoms with Crippen LogP contribution < -0.4 is 11.9 Å². The van der Waals surface area contributed by atoms with Crippen LogP contribution in [0.2, 0.25) is 0 Å². The van der Waals surface area contributed by atoms with E-state index in [9.17, 15) is 0 Å². The summed E-state index contributed by atoms with van der Waals surface area (Å²) in [6, 6.07) is 0. The number of anilines is 1. The van der Waals surface area contributed by atoms with Gasteiger partial charge in [-0.1, -0.05) is 0 Å². The van der Waals surface area contributed by atoms with Crippen molar-refractivity contribution in [1.82, 2.24) is 26.1 Å². The number of nitrogens with zero attached hydrogens (tertiary/aromatic N) is 3. The van der Waals surface area contributed by atoms with E-state index in [1.165, 1.54) is 0 Å². The summed E-state index contributed by atoms with van der Waals surface area (Å²) in [6.45, 7) is 0. The molecule has 0 saturated heterocycles. The molecule has 0 aliphatic rings. The number of hydrogen-bond acceptors (Lipinski definition) is 5. The second-order valence-electron chi connectivity index (χ2n) is 1.87. The number of rotatable bonds is 0. The van der Waals surface area contributed by atoms with E-state index in [-0.39, 0.29) is 12.1 Å². The zero-order chi connectivity index (χ0) is 6.97. The van der Waals surface area contributed by atoms with Crippen molar-refractivity contribution in [2.24, 2.45) is 0 Å². The molecule has 11 heavy (non-hydrogen) atoms. The van der Waals surface area contributed by atoms with Crippen molar-refractivity contribution < 1.29 is 0 Å². The highest BCUT2D eigenvalue weighted by molar-refractivity contribution is 5.69. The summed E-state index contributed by atoms with van der Waals surface area (Å²) >= 11 is 0. The lowest BCUT2D eigenvalue weighted by Gasteiger charge is -1.87. The van der Waals surface area contributed by atoms with Gasteiger partial charge in [0, 0.05) is 0 Å². The van der Waals surface area contributed by atoms with Crippen molar-refractivity contribution in [2.75, 3.05) is 5.73 Å². The van der Waals surface area contributed by atoms with E-state index < -0.39 is 0 Å². The molecule has 0 aromatic carbocycles. The largest absolute Gasteiger partial charge is 0.368 e. The van der Waals surface area contributed by atoms with Gasteiger partial charge in [-0.15, -0.1) is 0 Å². The van der Waals surface area contributed by atoms with Crippen molar-refractivity contribution in [3.8, 4) is 0 Å². The van der Waals surface area contributed by atoms with Crippen molar-refractivity contribution in [3.63, 3.8) is 0 Å². The first-order chi connectivity index (χ1) is 4.86. The number of nitrogens with one attached hydrogen (secondary N) is 1. The molecule has 2 heterocycles. The van der Waals surface area contributed by atoms with Crippen LogP contribution in [0, 0.1) is 0 Å². The minimum atomic E-state index is 0. The number of aromatic nitrogens is 4. The van der Waals surface area contributed by atoms with Gasteiger partial charge in [0.15, 0.2) is 5.65 Å². The Kier molecular flexibility index (Phi) is 1.69. The molecule has 6 N–H and O–H groups in total. The molecule has 2 aromatic heterocycles. The summed E-state index contributed by atoms with van der Waals surface area (Å²) in [5, 5.41) is 0. The zero-order valence-corrected chi connectivity index (χ0v) is 5.78. The molecule has 0 bridgehead atoms. The molecule has 6 heteroatoms. The SMILES string of the molecule is N.Nc1ncc2[nH]cnc2n1. The Bertz CT molecular complexity index is 353. The first-order valence-corrected chi connectivity index (χ1v) is 2.78. The lowest BCUT2D eigenvalue weighted by Crippen LogP contribution is -1.93. The fourth-order valence-electron chi connectivity index (χ4n) is 0.749. The smallest absolute Gasteiger partial charge is 0.222 e. The number of nitrogens with two attached hydrogens (primary N) is 1. The van der Waals surface area contributed by atoms with E-state index in [1.54, 1.807) is 12.5 Å². The lowest BCUT2D eigenvalue weighted by atomic mass is 10.6. The molecule has 0 atom stereocenters. The predicted molar refractivity (Wildman–Crippen MR) is 41.1 cm³/mol. The molecule has 0 fully saturated rings. The molecule has 0 spiro atoms. The molecular weight excluding hydrogens is 144 g/mol. The monoisotopic (exact) mass is 152 g/mol. The summed E-state index contributed by atoms with van der Waals surface area (Å²) in [5.74, 6) is 0.250. The highest BCUT2D eigenvalue weighted by atomic mass is 15.1. The molecular formula is C5H8N6. The maximum Gasteiger partial charge on any atom is 0.222 e. The Morgan fingerprint density at radius 2 is 2.18 bits per heavy atom. The average Bonchev–Trinajstić information content (AvgIpc) is 2.33. The van der Waals surface area contributed by atoms with Gasteiger partial charge in [-0.05, 0) is 0 Å². The third kappa shape index (κ3) is 1.10. The molecule has 0 saturated carbocycles. The van der Waals surface area contributed by atoms with Crippen LogP contribution in [-0.2, 0) is 0 Å². The van der Waals surface area contributed by atoms with Crippen molar-refractivity contribution in [1.29, 1.82) is 0 Å². The summed E-state index contributed by atoms with van der Waals surface area (Å²) in [7, 11) is 0. The summed E-state index contributed by atoms with van der Waals surface area (Å²) in [4.78, 5) is 14.4.